The van der Waals surface area contributed by atoms with Gasteiger partial charge in [0.05, 0.1) is 4.92 Å². The Morgan fingerprint density at radius 2 is 2.32 bits per heavy atom. The normalized spacial score (nSPS) is 24.3. The van der Waals surface area contributed by atoms with E-state index < -0.39 is 0 Å². The van der Waals surface area contributed by atoms with Gasteiger partial charge in [-0.05, 0) is 38.9 Å². The molecule has 2 unspecified atom stereocenters. The van der Waals surface area contributed by atoms with Crippen LogP contribution >= 0.6 is 0 Å². The maximum Gasteiger partial charge on any atom is 0.269 e. The van der Waals surface area contributed by atoms with Gasteiger partial charge in [0.1, 0.15) is 0 Å². The standard InChI is InChI=1S/C14H21N3O2/c1-11-8-13(6-7-16(11)2)15-10-12-4-3-5-14(9-12)17(18)19/h3-5,9,11,13,15H,6-8,10H2,1-2H3. The molecule has 0 radical (unpaired) electrons. The number of non-ortho nitro benzene ring substituents is 1. The first-order valence-electron chi connectivity index (χ1n) is 6.73. The van der Waals surface area contributed by atoms with E-state index in [9.17, 15) is 10.1 Å². The largest absolute Gasteiger partial charge is 0.310 e. The van der Waals surface area contributed by atoms with Crippen molar-refractivity contribution in [3.8, 4) is 0 Å². The summed E-state index contributed by atoms with van der Waals surface area (Å²) in [5.41, 5.74) is 1.14. The Kier molecular flexibility index (Phi) is 4.50. The molecule has 5 heteroatoms. The van der Waals surface area contributed by atoms with Crippen LogP contribution in [-0.2, 0) is 6.54 Å². The fraction of sp³-hybridized carbons (Fsp3) is 0.571. The molecular formula is C14H21N3O2. The van der Waals surface area contributed by atoms with Gasteiger partial charge in [-0.2, -0.15) is 0 Å². The molecule has 1 fully saturated rings. The van der Waals surface area contributed by atoms with Gasteiger partial charge in [-0.1, -0.05) is 12.1 Å². The summed E-state index contributed by atoms with van der Waals surface area (Å²) in [6.07, 6.45) is 2.27. The summed E-state index contributed by atoms with van der Waals surface area (Å²) in [7, 11) is 2.15. The van der Waals surface area contributed by atoms with Crippen molar-refractivity contribution in [3.05, 3.63) is 39.9 Å². The molecule has 2 atom stereocenters. The first kappa shape index (κ1) is 14.0. The third-order valence-corrected chi connectivity index (χ3v) is 3.92. The maximum atomic E-state index is 10.7. The van der Waals surface area contributed by atoms with Gasteiger partial charge in [0, 0.05) is 30.8 Å². The molecule has 0 aromatic heterocycles. The Morgan fingerprint density at radius 1 is 1.53 bits per heavy atom. The lowest BCUT2D eigenvalue weighted by Crippen LogP contribution is -2.45. The molecule has 5 nitrogen and oxygen atoms in total. The number of hydrogen-bond donors (Lipinski definition) is 1. The molecule has 19 heavy (non-hydrogen) atoms. The van der Waals surface area contributed by atoms with Gasteiger partial charge in [0.2, 0.25) is 0 Å². The van der Waals surface area contributed by atoms with E-state index in [0.29, 0.717) is 18.6 Å². The number of hydrogen-bond acceptors (Lipinski definition) is 4. The smallest absolute Gasteiger partial charge is 0.269 e. The van der Waals surface area contributed by atoms with Crippen molar-refractivity contribution < 1.29 is 4.92 Å². The first-order valence-corrected chi connectivity index (χ1v) is 6.73. The van der Waals surface area contributed by atoms with E-state index >= 15 is 0 Å². The number of piperidine rings is 1. The highest BCUT2D eigenvalue weighted by molar-refractivity contribution is 5.34. The van der Waals surface area contributed by atoms with Crippen LogP contribution in [0.2, 0.25) is 0 Å². The molecule has 104 valence electrons. The molecule has 1 aromatic carbocycles. The maximum absolute atomic E-state index is 10.7. The molecule has 1 aromatic rings. The summed E-state index contributed by atoms with van der Waals surface area (Å²) in [6.45, 7) is 4.04. The van der Waals surface area contributed by atoms with Crippen LogP contribution in [-0.4, -0.2) is 35.5 Å². The van der Waals surface area contributed by atoms with Crippen molar-refractivity contribution in [2.24, 2.45) is 0 Å². The third-order valence-electron chi connectivity index (χ3n) is 3.92. The van der Waals surface area contributed by atoms with Crippen LogP contribution in [0, 0.1) is 10.1 Å². The molecule has 0 aliphatic carbocycles. The van der Waals surface area contributed by atoms with E-state index in [-0.39, 0.29) is 10.6 Å². The van der Waals surface area contributed by atoms with Gasteiger partial charge in [-0.3, -0.25) is 10.1 Å². The van der Waals surface area contributed by atoms with Crippen LogP contribution in [0.5, 0.6) is 0 Å². The summed E-state index contributed by atoms with van der Waals surface area (Å²) in [5.74, 6) is 0. The molecule has 1 aliphatic rings. The molecule has 1 saturated heterocycles. The zero-order valence-electron chi connectivity index (χ0n) is 11.5. The lowest BCUT2D eigenvalue weighted by atomic mass is 9.98. The number of nitrogens with one attached hydrogen (secondary N) is 1. The van der Waals surface area contributed by atoms with Crippen molar-refractivity contribution >= 4 is 5.69 Å². The topological polar surface area (TPSA) is 58.4 Å². The van der Waals surface area contributed by atoms with Gasteiger partial charge >= 0.3 is 0 Å². The Labute approximate surface area is 113 Å². The number of nitro groups is 1. The predicted octanol–water partition coefficient (Wildman–Crippen LogP) is 2.17. The number of benzene rings is 1. The minimum absolute atomic E-state index is 0.163. The summed E-state index contributed by atoms with van der Waals surface area (Å²) in [6, 6.07) is 7.94. The lowest BCUT2D eigenvalue weighted by molar-refractivity contribution is -0.384. The van der Waals surface area contributed by atoms with Crippen molar-refractivity contribution in [1.82, 2.24) is 10.2 Å². The van der Waals surface area contributed by atoms with Crippen LogP contribution in [0.3, 0.4) is 0 Å². The second-order valence-electron chi connectivity index (χ2n) is 5.36. The number of rotatable bonds is 4. The fourth-order valence-electron chi connectivity index (χ4n) is 2.52. The Hall–Kier alpha value is -1.46. The molecule has 0 amide bonds. The molecule has 1 aliphatic heterocycles. The Bertz CT molecular complexity index is 450. The van der Waals surface area contributed by atoms with E-state index in [1.54, 1.807) is 12.1 Å². The zero-order valence-corrected chi connectivity index (χ0v) is 11.5. The van der Waals surface area contributed by atoms with Crippen LogP contribution in [0.4, 0.5) is 5.69 Å². The lowest BCUT2D eigenvalue weighted by Gasteiger charge is -2.35. The van der Waals surface area contributed by atoms with Crippen molar-refractivity contribution in [2.45, 2.75) is 38.4 Å². The average Bonchev–Trinajstić information content (AvgIpc) is 2.40. The van der Waals surface area contributed by atoms with Crippen molar-refractivity contribution in [2.75, 3.05) is 13.6 Å². The SMILES string of the molecule is CC1CC(NCc2cccc([N+](=O)[O-])c2)CCN1C. The van der Waals surface area contributed by atoms with E-state index in [4.69, 9.17) is 0 Å². The fourth-order valence-corrected chi connectivity index (χ4v) is 2.52. The zero-order chi connectivity index (χ0) is 13.8. The minimum atomic E-state index is -0.346. The van der Waals surface area contributed by atoms with Gasteiger partial charge in [-0.15, -0.1) is 0 Å². The molecular weight excluding hydrogens is 242 g/mol. The minimum Gasteiger partial charge on any atom is -0.310 e. The molecule has 2 rings (SSSR count). The second kappa shape index (κ2) is 6.12. The summed E-state index contributed by atoms with van der Waals surface area (Å²) >= 11 is 0. The van der Waals surface area contributed by atoms with E-state index in [1.807, 2.05) is 6.07 Å². The van der Waals surface area contributed by atoms with Crippen LogP contribution in [0.25, 0.3) is 0 Å². The van der Waals surface area contributed by atoms with Crippen LogP contribution in [0.1, 0.15) is 25.3 Å². The van der Waals surface area contributed by atoms with Gasteiger partial charge in [0.15, 0.2) is 0 Å². The number of nitro benzene ring substituents is 1. The van der Waals surface area contributed by atoms with E-state index in [2.05, 4.69) is 24.2 Å². The van der Waals surface area contributed by atoms with Crippen LogP contribution in [0.15, 0.2) is 24.3 Å². The summed E-state index contributed by atoms with van der Waals surface area (Å²) < 4.78 is 0. The first-order chi connectivity index (χ1) is 9.06. The highest BCUT2D eigenvalue weighted by Gasteiger charge is 2.22. The molecule has 0 saturated carbocycles. The number of nitrogens with zero attached hydrogens (tertiary/aromatic N) is 2. The molecule has 0 spiro atoms. The van der Waals surface area contributed by atoms with Crippen molar-refractivity contribution in [3.63, 3.8) is 0 Å². The average molecular weight is 263 g/mol. The monoisotopic (exact) mass is 263 g/mol. The highest BCUT2D eigenvalue weighted by Crippen LogP contribution is 2.17. The van der Waals surface area contributed by atoms with E-state index in [1.165, 1.54) is 6.07 Å². The third kappa shape index (κ3) is 3.75. The Morgan fingerprint density at radius 3 is 3.00 bits per heavy atom. The van der Waals surface area contributed by atoms with Gasteiger partial charge in [0.25, 0.3) is 5.69 Å². The quantitative estimate of drug-likeness (QED) is 0.668. The molecule has 0 bridgehead atoms. The van der Waals surface area contributed by atoms with Gasteiger partial charge < -0.3 is 10.2 Å². The molecule has 1 N–H and O–H groups in total. The van der Waals surface area contributed by atoms with Crippen molar-refractivity contribution in [1.29, 1.82) is 0 Å². The second-order valence-corrected chi connectivity index (χ2v) is 5.36. The van der Waals surface area contributed by atoms with E-state index in [0.717, 1.165) is 24.9 Å². The summed E-state index contributed by atoms with van der Waals surface area (Å²) in [5, 5.41) is 14.2. The van der Waals surface area contributed by atoms with Crippen LogP contribution < -0.4 is 5.32 Å². The highest BCUT2D eigenvalue weighted by atomic mass is 16.6. The molecule has 1 heterocycles. The predicted molar refractivity (Wildman–Crippen MR) is 75.1 cm³/mol. The van der Waals surface area contributed by atoms with Gasteiger partial charge in [-0.25, -0.2) is 0 Å². The summed E-state index contributed by atoms with van der Waals surface area (Å²) in [4.78, 5) is 12.7. The Balaban J connectivity index is 1.88. The number of likely N-dealkylation sites (tertiary alicyclic amines) is 1.